The molecule has 0 unspecified atom stereocenters. The number of amides is 3. The van der Waals surface area contributed by atoms with Crippen LogP contribution < -0.4 is 20.2 Å². The molecule has 0 bridgehead atoms. The fourth-order valence-corrected chi connectivity index (χ4v) is 2.75. The van der Waals surface area contributed by atoms with Crippen molar-refractivity contribution in [3.05, 3.63) is 23.8 Å². The second-order valence-corrected chi connectivity index (χ2v) is 6.72. The molecule has 1 fully saturated rings. The molecule has 1 aromatic rings. The minimum atomic E-state index is -0.870. The van der Waals surface area contributed by atoms with E-state index in [1.165, 1.54) is 6.21 Å². The van der Waals surface area contributed by atoms with Gasteiger partial charge in [0.2, 0.25) is 0 Å². The van der Waals surface area contributed by atoms with Crippen LogP contribution in [0.15, 0.2) is 23.3 Å². The Bertz CT molecular complexity index is 794. The van der Waals surface area contributed by atoms with Crippen molar-refractivity contribution in [1.29, 1.82) is 0 Å². The van der Waals surface area contributed by atoms with E-state index in [1.54, 1.807) is 30.2 Å². The van der Waals surface area contributed by atoms with E-state index in [0.717, 1.165) is 0 Å². The van der Waals surface area contributed by atoms with Crippen LogP contribution in [0.2, 0.25) is 0 Å². The zero-order valence-corrected chi connectivity index (χ0v) is 18.4. The lowest BCUT2D eigenvalue weighted by atomic mass is 10.2. The normalized spacial score (nSPS) is 13.6. The number of ether oxygens (including phenoxy) is 4. The summed E-state index contributed by atoms with van der Waals surface area (Å²) in [6.07, 6.45) is 1.98. The summed E-state index contributed by atoms with van der Waals surface area (Å²) in [5, 5.41) is 6.26. The number of hydrazone groups is 1. The summed E-state index contributed by atoms with van der Waals surface area (Å²) in [5.74, 6) is -0.907. The van der Waals surface area contributed by atoms with Gasteiger partial charge in [-0.2, -0.15) is 5.10 Å². The van der Waals surface area contributed by atoms with Crippen LogP contribution in [-0.2, 0) is 23.9 Å². The molecule has 1 aliphatic heterocycles. The average molecular weight is 450 g/mol. The molecule has 0 atom stereocenters. The van der Waals surface area contributed by atoms with Crippen LogP contribution in [0, 0.1) is 0 Å². The molecule has 32 heavy (non-hydrogen) atoms. The van der Waals surface area contributed by atoms with Crippen molar-refractivity contribution >= 4 is 23.9 Å². The van der Waals surface area contributed by atoms with Crippen LogP contribution in [-0.4, -0.2) is 88.6 Å². The Balaban J connectivity index is 1.88. The van der Waals surface area contributed by atoms with E-state index in [4.69, 9.17) is 18.9 Å². The molecule has 2 rings (SSSR count). The topological polar surface area (TPSA) is 128 Å². The lowest BCUT2D eigenvalue weighted by Gasteiger charge is -2.26. The van der Waals surface area contributed by atoms with Crippen molar-refractivity contribution in [2.45, 2.75) is 13.3 Å². The van der Waals surface area contributed by atoms with Crippen LogP contribution in [0.5, 0.6) is 11.5 Å². The number of methoxy groups -OCH3 is 1. The van der Waals surface area contributed by atoms with Crippen LogP contribution in [0.1, 0.15) is 18.9 Å². The lowest BCUT2D eigenvalue weighted by Crippen LogP contribution is -2.43. The zero-order chi connectivity index (χ0) is 23.2. The smallest absolute Gasteiger partial charge is 0.329 e. The van der Waals surface area contributed by atoms with Crippen molar-refractivity contribution in [1.82, 2.24) is 15.6 Å². The third-order valence-corrected chi connectivity index (χ3v) is 4.38. The van der Waals surface area contributed by atoms with Crippen LogP contribution in [0.25, 0.3) is 0 Å². The van der Waals surface area contributed by atoms with E-state index in [2.05, 4.69) is 15.8 Å². The van der Waals surface area contributed by atoms with Crippen LogP contribution >= 0.6 is 0 Å². The summed E-state index contributed by atoms with van der Waals surface area (Å²) in [5.41, 5.74) is 2.78. The van der Waals surface area contributed by atoms with E-state index in [1.807, 2.05) is 6.92 Å². The Hall–Kier alpha value is -3.18. The van der Waals surface area contributed by atoms with Gasteiger partial charge in [0.05, 0.1) is 26.0 Å². The highest BCUT2D eigenvalue weighted by atomic mass is 16.5. The monoisotopic (exact) mass is 450 g/mol. The Morgan fingerprint density at radius 1 is 1.16 bits per heavy atom. The molecule has 0 radical (unpaired) electrons. The van der Waals surface area contributed by atoms with Gasteiger partial charge < -0.3 is 29.2 Å². The van der Waals surface area contributed by atoms with Gasteiger partial charge in [0.15, 0.2) is 18.1 Å². The summed E-state index contributed by atoms with van der Waals surface area (Å²) < 4.78 is 21.4. The Morgan fingerprint density at radius 2 is 1.94 bits per heavy atom. The first-order valence-electron chi connectivity index (χ1n) is 10.4. The Morgan fingerprint density at radius 3 is 2.66 bits per heavy atom. The first kappa shape index (κ1) is 25.1. The molecule has 11 nitrogen and oxygen atoms in total. The highest BCUT2D eigenvalue weighted by molar-refractivity contribution is 6.35. The molecule has 1 heterocycles. The number of rotatable bonds is 11. The van der Waals surface area contributed by atoms with E-state index in [-0.39, 0.29) is 12.5 Å². The van der Waals surface area contributed by atoms with E-state index in [0.29, 0.717) is 69.5 Å². The molecular weight excluding hydrogens is 420 g/mol. The summed E-state index contributed by atoms with van der Waals surface area (Å²) >= 11 is 0. The fourth-order valence-electron chi connectivity index (χ4n) is 2.75. The highest BCUT2D eigenvalue weighted by Gasteiger charge is 2.18. The fraction of sp³-hybridized carbons (Fsp3) is 0.524. The first-order chi connectivity index (χ1) is 15.5. The molecule has 1 aliphatic rings. The van der Waals surface area contributed by atoms with Crippen molar-refractivity contribution in [2.24, 2.45) is 5.10 Å². The van der Waals surface area contributed by atoms with Crippen LogP contribution in [0.3, 0.4) is 0 Å². The molecule has 0 aliphatic carbocycles. The van der Waals surface area contributed by atoms with Crippen molar-refractivity contribution in [3.8, 4) is 11.5 Å². The predicted molar refractivity (Wildman–Crippen MR) is 116 cm³/mol. The summed E-state index contributed by atoms with van der Waals surface area (Å²) in [4.78, 5) is 37.4. The molecule has 0 aromatic heterocycles. The molecule has 3 amide bonds. The maximum atomic E-state index is 12.3. The van der Waals surface area contributed by atoms with Gasteiger partial charge in [0.1, 0.15) is 0 Å². The van der Waals surface area contributed by atoms with Gasteiger partial charge in [-0.1, -0.05) is 0 Å². The zero-order valence-electron chi connectivity index (χ0n) is 18.4. The number of hydrogen-bond acceptors (Lipinski definition) is 8. The van der Waals surface area contributed by atoms with Gasteiger partial charge in [-0.25, -0.2) is 5.43 Å². The summed E-state index contributed by atoms with van der Waals surface area (Å²) in [6, 6.07) is 5.01. The number of morpholine rings is 1. The third kappa shape index (κ3) is 8.52. The largest absolute Gasteiger partial charge is 0.490 e. The standard InChI is InChI=1S/C21H30N4O7/c1-3-31-18-13-16(14-23-24-21(28)20(27)22-7-4-10-29-2)5-6-17(18)32-15-19(26)25-8-11-30-12-9-25/h5-6,13-14H,3-4,7-12,15H2,1-2H3,(H,22,27)(H,24,28)/b23-14-. The highest BCUT2D eigenvalue weighted by Crippen LogP contribution is 2.28. The molecule has 1 saturated heterocycles. The van der Waals surface area contributed by atoms with Gasteiger partial charge in [-0.05, 0) is 37.1 Å². The number of hydrogen-bond donors (Lipinski definition) is 2. The average Bonchev–Trinajstić information content (AvgIpc) is 2.81. The number of carbonyl (C=O) groups excluding carboxylic acids is 3. The molecule has 1 aromatic carbocycles. The maximum Gasteiger partial charge on any atom is 0.329 e. The first-order valence-corrected chi connectivity index (χ1v) is 10.4. The quantitative estimate of drug-likeness (QED) is 0.209. The minimum Gasteiger partial charge on any atom is -0.490 e. The maximum absolute atomic E-state index is 12.3. The summed E-state index contributed by atoms with van der Waals surface area (Å²) in [6.45, 7) is 5.08. The molecule has 176 valence electrons. The molecule has 0 spiro atoms. The van der Waals surface area contributed by atoms with Gasteiger partial charge >= 0.3 is 11.8 Å². The van der Waals surface area contributed by atoms with E-state index >= 15 is 0 Å². The van der Waals surface area contributed by atoms with E-state index in [9.17, 15) is 14.4 Å². The third-order valence-electron chi connectivity index (χ3n) is 4.38. The van der Waals surface area contributed by atoms with Crippen molar-refractivity contribution in [2.75, 3.05) is 59.8 Å². The van der Waals surface area contributed by atoms with Crippen molar-refractivity contribution in [3.63, 3.8) is 0 Å². The Kier molecular flexibility index (Phi) is 11.0. The number of benzene rings is 1. The number of nitrogens with zero attached hydrogens (tertiary/aromatic N) is 2. The van der Waals surface area contributed by atoms with Gasteiger partial charge in [-0.15, -0.1) is 0 Å². The molecule has 11 heteroatoms. The van der Waals surface area contributed by atoms with Gasteiger partial charge in [-0.3, -0.25) is 14.4 Å². The predicted octanol–water partition coefficient (Wildman–Crippen LogP) is -0.0743. The number of nitrogens with one attached hydrogen (secondary N) is 2. The molecule has 2 N–H and O–H groups in total. The molecule has 0 saturated carbocycles. The van der Waals surface area contributed by atoms with Gasteiger partial charge in [0, 0.05) is 33.4 Å². The van der Waals surface area contributed by atoms with Crippen molar-refractivity contribution < 1.29 is 33.3 Å². The minimum absolute atomic E-state index is 0.108. The SMILES string of the molecule is CCOc1cc(/C=N\NC(=O)C(=O)NCCCOC)ccc1OCC(=O)N1CCOCC1. The van der Waals surface area contributed by atoms with E-state index < -0.39 is 11.8 Å². The second kappa shape index (κ2) is 14.0. The van der Waals surface area contributed by atoms with Crippen LogP contribution in [0.4, 0.5) is 0 Å². The van der Waals surface area contributed by atoms with Gasteiger partial charge in [0.25, 0.3) is 5.91 Å². The number of carbonyl (C=O) groups is 3. The Labute approximate surface area is 187 Å². The lowest BCUT2D eigenvalue weighted by molar-refractivity contribution is -0.139. The summed E-state index contributed by atoms with van der Waals surface area (Å²) in [7, 11) is 1.56. The molecular formula is C21H30N4O7. The second-order valence-electron chi connectivity index (χ2n) is 6.72.